The van der Waals surface area contributed by atoms with Gasteiger partial charge in [0.1, 0.15) is 5.76 Å². The highest BCUT2D eigenvalue weighted by Crippen LogP contribution is 2.17. The van der Waals surface area contributed by atoms with Gasteiger partial charge in [0.05, 0.1) is 0 Å². The molecule has 2 N–H and O–H groups in total. The number of likely N-dealkylation sites (tertiary alicyclic amines) is 1. The molecular formula is C14H24N4O2. The molecule has 2 amide bonds. The zero-order chi connectivity index (χ0) is 14.5. The standard InChI is InChI=1S/C14H24N4O2/c1-10-5-4-6-18(9-10)11(2)8-15-14(19)16-13-7-12(3)20-17-13/h7,10-11H,4-6,8-9H2,1-3H3,(H2,15,16,17,19)/t10-,11+/m0/s1. The topological polar surface area (TPSA) is 70.4 Å². The second-order valence-electron chi connectivity index (χ2n) is 5.75. The van der Waals surface area contributed by atoms with E-state index in [0.29, 0.717) is 24.2 Å². The molecule has 0 aliphatic carbocycles. The van der Waals surface area contributed by atoms with Gasteiger partial charge in [0.15, 0.2) is 5.82 Å². The number of amides is 2. The van der Waals surface area contributed by atoms with Crippen molar-refractivity contribution in [3.05, 3.63) is 11.8 Å². The van der Waals surface area contributed by atoms with E-state index in [1.54, 1.807) is 13.0 Å². The van der Waals surface area contributed by atoms with Gasteiger partial charge in [0, 0.05) is 25.2 Å². The highest BCUT2D eigenvalue weighted by Gasteiger charge is 2.21. The smallest absolute Gasteiger partial charge is 0.320 e. The Bertz CT molecular complexity index is 446. The Morgan fingerprint density at radius 3 is 3.10 bits per heavy atom. The Balaban J connectivity index is 1.72. The minimum Gasteiger partial charge on any atom is -0.360 e. The summed E-state index contributed by atoms with van der Waals surface area (Å²) in [5.74, 6) is 1.87. The fraction of sp³-hybridized carbons (Fsp3) is 0.714. The molecule has 2 rings (SSSR count). The third kappa shape index (κ3) is 4.23. The maximum absolute atomic E-state index is 11.8. The first kappa shape index (κ1) is 14.8. The largest absolute Gasteiger partial charge is 0.360 e. The first-order chi connectivity index (χ1) is 9.54. The van der Waals surface area contributed by atoms with E-state index in [4.69, 9.17) is 4.52 Å². The quantitative estimate of drug-likeness (QED) is 0.887. The number of hydrogen-bond acceptors (Lipinski definition) is 4. The first-order valence-corrected chi connectivity index (χ1v) is 7.27. The van der Waals surface area contributed by atoms with Crippen molar-refractivity contribution in [2.45, 2.75) is 39.7 Å². The molecule has 112 valence electrons. The number of carbonyl (C=O) groups excluding carboxylic acids is 1. The molecule has 2 atom stereocenters. The van der Waals surface area contributed by atoms with Crippen molar-refractivity contribution in [2.75, 3.05) is 25.0 Å². The van der Waals surface area contributed by atoms with Crippen LogP contribution in [0.5, 0.6) is 0 Å². The molecule has 6 heteroatoms. The normalized spacial score (nSPS) is 21.4. The van der Waals surface area contributed by atoms with Gasteiger partial charge < -0.3 is 9.84 Å². The molecule has 1 aliphatic rings. The number of urea groups is 1. The molecule has 1 fully saturated rings. The van der Waals surface area contributed by atoms with Crippen LogP contribution in [-0.4, -0.2) is 41.8 Å². The monoisotopic (exact) mass is 280 g/mol. The number of piperidine rings is 1. The fourth-order valence-corrected chi connectivity index (χ4v) is 2.58. The Morgan fingerprint density at radius 1 is 1.65 bits per heavy atom. The minimum atomic E-state index is -0.241. The molecule has 2 heterocycles. The van der Waals surface area contributed by atoms with Crippen molar-refractivity contribution in [3.63, 3.8) is 0 Å². The minimum absolute atomic E-state index is 0.241. The highest BCUT2D eigenvalue weighted by molar-refractivity contribution is 5.88. The molecule has 0 saturated carbocycles. The summed E-state index contributed by atoms with van der Waals surface area (Å²) in [5.41, 5.74) is 0. The molecule has 0 spiro atoms. The second kappa shape index (κ2) is 6.74. The fourth-order valence-electron chi connectivity index (χ4n) is 2.58. The summed E-state index contributed by atoms with van der Waals surface area (Å²) in [6.07, 6.45) is 2.55. The van der Waals surface area contributed by atoms with Crippen molar-refractivity contribution in [2.24, 2.45) is 5.92 Å². The van der Waals surface area contributed by atoms with Crippen LogP contribution in [-0.2, 0) is 0 Å². The summed E-state index contributed by atoms with van der Waals surface area (Å²) in [6.45, 7) is 9.10. The lowest BCUT2D eigenvalue weighted by Gasteiger charge is -2.35. The average molecular weight is 280 g/mol. The third-order valence-electron chi connectivity index (χ3n) is 3.74. The highest BCUT2D eigenvalue weighted by atomic mass is 16.5. The Hall–Kier alpha value is -1.56. The predicted molar refractivity (Wildman–Crippen MR) is 77.7 cm³/mol. The second-order valence-corrected chi connectivity index (χ2v) is 5.75. The van der Waals surface area contributed by atoms with E-state index in [2.05, 4.69) is 34.5 Å². The van der Waals surface area contributed by atoms with Crippen LogP contribution < -0.4 is 10.6 Å². The van der Waals surface area contributed by atoms with Gasteiger partial charge in [-0.3, -0.25) is 10.2 Å². The lowest BCUT2D eigenvalue weighted by atomic mass is 9.99. The van der Waals surface area contributed by atoms with Gasteiger partial charge in [0.2, 0.25) is 0 Å². The maximum Gasteiger partial charge on any atom is 0.320 e. The van der Waals surface area contributed by atoms with Gasteiger partial charge in [-0.25, -0.2) is 4.79 Å². The van der Waals surface area contributed by atoms with Crippen LogP contribution in [0.1, 0.15) is 32.4 Å². The predicted octanol–water partition coefficient (Wildman–Crippen LogP) is 2.22. The molecule has 1 aromatic heterocycles. The zero-order valence-corrected chi connectivity index (χ0v) is 12.5. The van der Waals surface area contributed by atoms with E-state index < -0.39 is 0 Å². The summed E-state index contributed by atoms with van der Waals surface area (Å²) >= 11 is 0. The molecule has 0 radical (unpaired) electrons. The van der Waals surface area contributed by atoms with Crippen molar-refractivity contribution < 1.29 is 9.32 Å². The number of nitrogens with one attached hydrogen (secondary N) is 2. The summed E-state index contributed by atoms with van der Waals surface area (Å²) in [5, 5.41) is 9.26. The van der Waals surface area contributed by atoms with Crippen molar-refractivity contribution in [1.29, 1.82) is 0 Å². The van der Waals surface area contributed by atoms with Gasteiger partial charge >= 0.3 is 6.03 Å². The lowest BCUT2D eigenvalue weighted by Crippen LogP contribution is -2.47. The van der Waals surface area contributed by atoms with E-state index in [1.165, 1.54) is 12.8 Å². The van der Waals surface area contributed by atoms with E-state index in [9.17, 15) is 4.79 Å². The summed E-state index contributed by atoms with van der Waals surface area (Å²) in [6, 6.07) is 1.80. The average Bonchev–Trinajstić information content (AvgIpc) is 2.81. The van der Waals surface area contributed by atoms with Crippen molar-refractivity contribution in [3.8, 4) is 0 Å². The van der Waals surface area contributed by atoms with Crippen LogP contribution in [0.25, 0.3) is 0 Å². The third-order valence-corrected chi connectivity index (χ3v) is 3.74. The Kier molecular flexibility index (Phi) is 5.00. The van der Waals surface area contributed by atoms with Gasteiger partial charge in [-0.05, 0) is 39.2 Å². The lowest BCUT2D eigenvalue weighted by molar-refractivity contribution is 0.138. The summed E-state index contributed by atoms with van der Waals surface area (Å²) in [4.78, 5) is 14.2. The number of hydrogen-bond donors (Lipinski definition) is 2. The van der Waals surface area contributed by atoms with Crippen LogP contribution >= 0.6 is 0 Å². The molecule has 0 aromatic carbocycles. The Labute approximate surface area is 119 Å². The molecule has 1 aromatic rings. The van der Waals surface area contributed by atoms with Crippen LogP contribution in [0.3, 0.4) is 0 Å². The van der Waals surface area contributed by atoms with Gasteiger partial charge in [-0.2, -0.15) is 0 Å². The first-order valence-electron chi connectivity index (χ1n) is 7.27. The molecule has 1 aliphatic heterocycles. The zero-order valence-electron chi connectivity index (χ0n) is 12.5. The number of aromatic nitrogens is 1. The molecule has 20 heavy (non-hydrogen) atoms. The molecule has 0 bridgehead atoms. The van der Waals surface area contributed by atoms with Gasteiger partial charge in [0.25, 0.3) is 0 Å². The number of carbonyl (C=O) groups is 1. The van der Waals surface area contributed by atoms with Gasteiger partial charge in [-0.15, -0.1) is 0 Å². The van der Waals surface area contributed by atoms with Crippen LogP contribution in [0, 0.1) is 12.8 Å². The molecule has 0 unspecified atom stereocenters. The molecular weight excluding hydrogens is 256 g/mol. The molecule has 1 saturated heterocycles. The van der Waals surface area contributed by atoms with E-state index in [0.717, 1.165) is 19.0 Å². The van der Waals surface area contributed by atoms with Gasteiger partial charge in [-0.1, -0.05) is 12.1 Å². The number of nitrogens with zero attached hydrogens (tertiary/aromatic N) is 2. The van der Waals surface area contributed by atoms with Crippen molar-refractivity contribution >= 4 is 11.8 Å². The SMILES string of the molecule is Cc1cc(NC(=O)NC[C@@H](C)N2CCC[C@H](C)C2)no1. The maximum atomic E-state index is 11.8. The number of aryl methyl sites for hydroxylation is 1. The summed E-state index contributed by atoms with van der Waals surface area (Å²) in [7, 11) is 0. The Morgan fingerprint density at radius 2 is 2.45 bits per heavy atom. The molecule has 6 nitrogen and oxygen atoms in total. The van der Waals surface area contributed by atoms with E-state index in [1.807, 2.05) is 0 Å². The number of rotatable bonds is 4. The van der Waals surface area contributed by atoms with Crippen LogP contribution in [0.15, 0.2) is 10.6 Å². The van der Waals surface area contributed by atoms with Crippen LogP contribution in [0.4, 0.5) is 10.6 Å². The number of anilines is 1. The summed E-state index contributed by atoms with van der Waals surface area (Å²) < 4.78 is 4.90. The van der Waals surface area contributed by atoms with Crippen LogP contribution in [0.2, 0.25) is 0 Å². The van der Waals surface area contributed by atoms with Crippen molar-refractivity contribution in [1.82, 2.24) is 15.4 Å². The van der Waals surface area contributed by atoms with E-state index in [-0.39, 0.29) is 6.03 Å². The van der Waals surface area contributed by atoms with E-state index >= 15 is 0 Å².